The number of nitrogens with one attached hydrogen (secondary N) is 1. The van der Waals surface area contributed by atoms with Gasteiger partial charge in [-0.3, -0.25) is 4.79 Å². The van der Waals surface area contributed by atoms with Gasteiger partial charge in [0.1, 0.15) is 11.6 Å². The summed E-state index contributed by atoms with van der Waals surface area (Å²) in [5.41, 5.74) is 1.94. The van der Waals surface area contributed by atoms with E-state index in [1.54, 1.807) is 23.5 Å². The van der Waals surface area contributed by atoms with Gasteiger partial charge in [0.2, 0.25) is 0 Å². The SMILES string of the molecule is Cc1ccc(-c2cc(-c3ccc(Cl)cc3)[nH]c(=O)c2C#N)s1. The van der Waals surface area contributed by atoms with Crippen molar-refractivity contribution >= 4 is 22.9 Å². The van der Waals surface area contributed by atoms with Gasteiger partial charge in [-0.15, -0.1) is 11.3 Å². The van der Waals surface area contributed by atoms with Crippen LogP contribution in [-0.2, 0) is 0 Å². The lowest BCUT2D eigenvalue weighted by Crippen LogP contribution is -2.12. The number of H-pyrrole nitrogens is 1. The van der Waals surface area contributed by atoms with Crippen molar-refractivity contribution in [2.75, 3.05) is 0 Å². The molecule has 0 aliphatic rings. The summed E-state index contributed by atoms with van der Waals surface area (Å²) in [5.74, 6) is 0. The van der Waals surface area contributed by atoms with Crippen molar-refractivity contribution in [2.45, 2.75) is 6.92 Å². The summed E-state index contributed by atoms with van der Waals surface area (Å²) in [6, 6.07) is 15.0. The number of halogens is 1. The van der Waals surface area contributed by atoms with E-state index in [0.29, 0.717) is 16.3 Å². The van der Waals surface area contributed by atoms with E-state index < -0.39 is 0 Å². The first-order valence-electron chi connectivity index (χ1n) is 6.58. The number of aromatic amines is 1. The van der Waals surface area contributed by atoms with Gasteiger partial charge in [0.25, 0.3) is 5.56 Å². The molecule has 0 bridgehead atoms. The minimum absolute atomic E-state index is 0.138. The standard InChI is InChI=1S/C17H11ClN2OS/c1-10-2-7-16(22-10)13-8-15(20-17(21)14(13)9-19)11-3-5-12(18)6-4-11/h2-8H,1H3,(H,20,21). The fourth-order valence-corrected chi connectivity index (χ4v) is 3.25. The summed E-state index contributed by atoms with van der Waals surface area (Å²) in [5, 5.41) is 9.92. The van der Waals surface area contributed by atoms with Crippen molar-refractivity contribution in [1.82, 2.24) is 4.98 Å². The summed E-state index contributed by atoms with van der Waals surface area (Å²) in [6.07, 6.45) is 0. The molecule has 22 heavy (non-hydrogen) atoms. The molecule has 0 aliphatic heterocycles. The van der Waals surface area contributed by atoms with Crippen LogP contribution in [0.4, 0.5) is 0 Å². The van der Waals surface area contributed by atoms with Crippen LogP contribution in [0, 0.1) is 18.3 Å². The Morgan fingerprint density at radius 2 is 1.91 bits per heavy atom. The lowest BCUT2D eigenvalue weighted by molar-refractivity contribution is 1.22. The molecule has 2 aromatic heterocycles. The maximum absolute atomic E-state index is 12.2. The van der Waals surface area contributed by atoms with Crippen LogP contribution in [0.15, 0.2) is 47.3 Å². The van der Waals surface area contributed by atoms with Crippen molar-refractivity contribution in [2.24, 2.45) is 0 Å². The van der Waals surface area contributed by atoms with Crippen LogP contribution in [-0.4, -0.2) is 4.98 Å². The van der Waals surface area contributed by atoms with Crippen LogP contribution in [0.5, 0.6) is 0 Å². The summed E-state index contributed by atoms with van der Waals surface area (Å²) in [7, 11) is 0. The maximum atomic E-state index is 12.2. The zero-order valence-corrected chi connectivity index (χ0v) is 13.3. The zero-order chi connectivity index (χ0) is 15.7. The molecule has 3 rings (SSSR count). The van der Waals surface area contributed by atoms with Crippen LogP contribution in [0.1, 0.15) is 10.4 Å². The minimum Gasteiger partial charge on any atom is -0.321 e. The third-order valence-electron chi connectivity index (χ3n) is 3.31. The number of nitrogens with zero attached hydrogens (tertiary/aromatic N) is 1. The first-order valence-corrected chi connectivity index (χ1v) is 7.78. The molecule has 5 heteroatoms. The number of aromatic nitrogens is 1. The maximum Gasteiger partial charge on any atom is 0.267 e. The fraction of sp³-hybridized carbons (Fsp3) is 0.0588. The van der Waals surface area contributed by atoms with E-state index in [4.69, 9.17) is 11.6 Å². The molecule has 2 heterocycles. The molecule has 0 saturated heterocycles. The second kappa shape index (κ2) is 5.80. The molecule has 108 valence electrons. The number of benzene rings is 1. The third kappa shape index (κ3) is 2.69. The molecule has 0 atom stereocenters. The molecular formula is C17H11ClN2OS. The number of nitriles is 1. The second-order valence-electron chi connectivity index (χ2n) is 4.83. The predicted octanol–water partition coefficient (Wildman–Crippen LogP) is 4.60. The number of hydrogen-bond acceptors (Lipinski definition) is 3. The average Bonchev–Trinajstić information content (AvgIpc) is 2.93. The van der Waals surface area contributed by atoms with E-state index in [9.17, 15) is 10.1 Å². The molecular weight excluding hydrogens is 316 g/mol. The van der Waals surface area contributed by atoms with Gasteiger partial charge in [-0.1, -0.05) is 23.7 Å². The van der Waals surface area contributed by atoms with Gasteiger partial charge in [0.05, 0.1) is 0 Å². The molecule has 0 unspecified atom stereocenters. The largest absolute Gasteiger partial charge is 0.321 e. The molecule has 0 amide bonds. The van der Waals surface area contributed by atoms with Crippen molar-refractivity contribution in [3.63, 3.8) is 0 Å². The molecule has 0 aliphatic carbocycles. The predicted molar refractivity (Wildman–Crippen MR) is 90.3 cm³/mol. The second-order valence-corrected chi connectivity index (χ2v) is 6.55. The fourth-order valence-electron chi connectivity index (χ4n) is 2.23. The Hall–Kier alpha value is -2.35. The number of aryl methyl sites for hydroxylation is 1. The number of hydrogen-bond donors (Lipinski definition) is 1. The highest BCUT2D eigenvalue weighted by Gasteiger charge is 2.13. The van der Waals surface area contributed by atoms with Crippen LogP contribution >= 0.6 is 22.9 Å². The van der Waals surface area contributed by atoms with E-state index in [1.165, 1.54) is 0 Å². The molecule has 3 aromatic rings. The zero-order valence-electron chi connectivity index (χ0n) is 11.7. The van der Waals surface area contributed by atoms with Crippen molar-refractivity contribution in [3.8, 4) is 27.8 Å². The highest BCUT2D eigenvalue weighted by Crippen LogP contribution is 2.31. The van der Waals surface area contributed by atoms with E-state index in [0.717, 1.165) is 15.3 Å². The summed E-state index contributed by atoms with van der Waals surface area (Å²) < 4.78 is 0. The topological polar surface area (TPSA) is 56.6 Å². The third-order valence-corrected chi connectivity index (χ3v) is 4.59. The van der Waals surface area contributed by atoms with Gasteiger partial charge in [-0.05, 0) is 42.8 Å². The molecule has 0 saturated carbocycles. The summed E-state index contributed by atoms with van der Waals surface area (Å²) in [6.45, 7) is 1.99. The Morgan fingerprint density at radius 1 is 1.18 bits per heavy atom. The van der Waals surface area contributed by atoms with Gasteiger partial charge in [0, 0.05) is 26.0 Å². The van der Waals surface area contributed by atoms with E-state index in [2.05, 4.69) is 4.98 Å². The molecule has 3 nitrogen and oxygen atoms in total. The first-order chi connectivity index (χ1) is 10.6. The lowest BCUT2D eigenvalue weighted by Gasteiger charge is -2.06. The Bertz CT molecular complexity index is 933. The molecule has 1 aromatic carbocycles. The van der Waals surface area contributed by atoms with Gasteiger partial charge in [-0.25, -0.2) is 0 Å². The molecule has 0 fully saturated rings. The van der Waals surface area contributed by atoms with Crippen LogP contribution in [0.25, 0.3) is 21.7 Å². The lowest BCUT2D eigenvalue weighted by atomic mass is 10.0. The van der Waals surface area contributed by atoms with Crippen molar-refractivity contribution < 1.29 is 0 Å². The molecule has 0 spiro atoms. The summed E-state index contributed by atoms with van der Waals surface area (Å²) in [4.78, 5) is 17.0. The van der Waals surface area contributed by atoms with Gasteiger partial charge in [-0.2, -0.15) is 5.26 Å². The molecule has 1 N–H and O–H groups in total. The van der Waals surface area contributed by atoms with Crippen LogP contribution in [0.2, 0.25) is 5.02 Å². The Labute approximate surface area is 136 Å². The van der Waals surface area contributed by atoms with Crippen LogP contribution < -0.4 is 5.56 Å². The number of thiophene rings is 1. The molecule has 0 radical (unpaired) electrons. The minimum atomic E-state index is -0.379. The summed E-state index contributed by atoms with van der Waals surface area (Å²) >= 11 is 7.46. The average molecular weight is 327 g/mol. The first kappa shape index (κ1) is 14.6. The van der Waals surface area contributed by atoms with E-state index in [1.807, 2.05) is 43.3 Å². The number of rotatable bonds is 2. The van der Waals surface area contributed by atoms with Crippen LogP contribution in [0.3, 0.4) is 0 Å². The van der Waals surface area contributed by atoms with E-state index >= 15 is 0 Å². The van der Waals surface area contributed by atoms with Gasteiger partial charge >= 0.3 is 0 Å². The van der Waals surface area contributed by atoms with Gasteiger partial charge in [0.15, 0.2) is 0 Å². The van der Waals surface area contributed by atoms with E-state index in [-0.39, 0.29) is 11.1 Å². The normalized spacial score (nSPS) is 10.4. The highest BCUT2D eigenvalue weighted by atomic mass is 35.5. The highest BCUT2D eigenvalue weighted by molar-refractivity contribution is 7.15. The van der Waals surface area contributed by atoms with Crippen molar-refractivity contribution in [1.29, 1.82) is 5.26 Å². The smallest absolute Gasteiger partial charge is 0.267 e. The Balaban J connectivity index is 2.23. The monoisotopic (exact) mass is 326 g/mol. The Kier molecular flexibility index (Phi) is 3.84. The quantitative estimate of drug-likeness (QED) is 0.748. The number of pyridine rings is 1. The Morgan fingerprint density at radius 3 is 2.50 bits per heavy atom. The van der Waals surface area contributed by atoms with Crippen molar-refractivity contribution in [3.05, 3.63) is 68.3 Å². The van der Waals surface area contributed by atoms with Gasteiger partial charge < -0.3 is 4.98 Å².